The molecular weight excluding hydrogens is 326 g/mol. The molecule has 2 rings (SSSR count). The molecule has 0 aliphatic carbocycles. The molecule has 0 aliphatic rings. The van der Waals surface area contributed by atoms with E-state index in [1.807, 2.05) is 30.3 Å². The largest absolute Gasteiger partial charge is 0.493 e. The molecule has 0 aliphatic heterocycles. The molecule has 2 N–H and O–H groups in total. The number of hydrogen-bond donors (Lipinski definition) is 2. The van der Waals surface area contributed by atoms with Crippen LogP contribution in [0.1, 0.15) is 24.2 Å². The first-order chi connectivity index (χ1) is 11.5. The van der Waals surface area contributed by atoms with E-state index >= 15 is 0 Å². The molecule has 2 aromatic rings. The van der Waals surface area contributed by atoms with E-state index in [2.05, 4.69) is 12.2 Å². The Kier molecular flexibility index (Phi) is 6.91. The van der Waals surface area contributed by atoms with Gasteiger partial charge in [-0.1, -0.05) is 29.8 Å². The molecule has 130 valence electrons. The summed E-state index contributed by atoms with van der Waals surface area (Å²) in [5.74, 6) is 1.44. The topological polar surface area (TPSA) is 50.7 Å². The highest BCUT2D eigenvalue weighted by Gasteiger charge is 2.11. The minimum atomic E-state index is -0.587. The number of ether oxygens (including phenoxy) is 2. The Balaban J connectivity index is 1.90. The number of methoxy groups -OCH3 is 2. The third kappa shape index (κ3) is 5.13. The lowest BCUT2D eigenvalue weighted by atomic mass is 10.1. The summed E-state index contributed by atoms with van der Waals surface area (Å²) in [5.41, 5.74) is 1.96. The third-order valence-electron chi connectivity index (χ3n) is 3.88. The molecule has 0 saturated carbocycles. The smallest absolute Gasteiger partial charge is 0.160 e. The zero-order valence-electron chi connectivity index (χ0n) is 14.3. The lowest BCUT2D eigenvalue weighted by molar-refractivity contribution is 0.170. The second-order valence-corrected chi connectivity index (χ2v) is 6.21. The molecule has 5 heteroatoms. The zero-order valence-corrected chi connectivity index (χ0v) is 15.0. The van der Waals surface area contributed by atoms with Gasteiger partial charge in [0, 0.05) is 17.6 Å². The Bertz CT molecular complexity index is 663. The number of aliphatic hydroxyl groups excluding tert-OH is 1. The monoisotopic (exact) mass is 349 g/mol. The highest BCUT2D eigenvalue weighted by atomic mass is 35.5. The Morgan fingerprint density at radius 2 is 1.83 bits per heavy atom. The van der Waals surface area contributed by atoms with Crippen LogP contribution in [0.4, 0.5) is 0 Å². The van der Waals surface area contributed by atoms with Gasteiger partial charge < -0.3 is 19.9 Å². The van der Waals surface area contributed by atoms with Crippen LogP contribution in [-0.4, -0.2) is 31.9 Å². The van der Waals surface area contributed by atoms with Crippen molar-refractivity contribution in [2.75, 3.05) is 20.8 Å². The predicted octanol–water partition coefficient (Wildman–Crippen LogP) is 3.61. The van der Waals surface area contributed by atoms with Crippen LogP contribution in [-0.2, 0) is 6.42 Å². The maximum absolute atomic E-state index is 10.3. The number of rotatable bonds is 8. The predicted molar refractivity (Wildman–Crippen MR) is 97.1 cm³/mol. The van der Waals surface area contributed by atoms with E-state index < -0.39 is 6.10 Å². The first kappa shape index (κ1) is 18.6. The fourth-order valence-corrected chi connectivity index (χ4v) is 2.78. The Morgan fingerprint density at radius 1 is 1.08 bits per heavy atom. The van der Waals surface area contributed by atoms with Crippen LogP contribution in [0.2, 0.25) is 5.02 Å². The first-order valence-electron chi connectivity index (χ1n) is 7.91. The zero-order chi connectivity index (χ0) is 17.5. The molecule has 24 heavy (non-hydrogen) atoms. The van der Waals surface area contributed by atoms with Crippen LogP contribution in [0, 0.1) is 0 Å². The van der Waals surface area contributed by atoms with E-state index in [0.717, 1.165) is 29.0 Å². The van der Waals surface area contributed by atoms with Gasteiger partial charge in [0.1, 0.15) is 0 Å². The summed E-state index contributed by atoms with van der Waals surface area (Å²) in [6.07, 6.45) is 0.236. The van der Waals surface area contributed by atoms with Crippen LogP contribution in [0.25, 0.3) is 0 Å². The normalized spacial score (nSPS) is 13.4. The summed E-state index contributed by atoms with van der Waals surface area (Å²) in [6, 6.07) is 13.4. The number of halogens is 1. The lowest BCUT2D eigenvalue weighted by Crippen LogP contribution is -2.32. The average Bonchev–Trinajstić information content (AvgIpc) is 2.59. The van der Waals surface area contributed by atoms with Crippen molar-refractivity contribution in [1.29, 1.82) is 0 Å². The molecule has 0 radical (unpaired) electrons. The van der Waals surface area contributed by atoms with Gasteiger partial charge in [-0.05, 0) is 48.7 Å². The van der Waals surface area contributed by atoms with Gasteiger partial charge in [0.2, 0.25) is 0 Å². The second-order valence-electron chi connectivity index (χ2n) is 5.77. The minimum Gasteiger partial charge on any atom is -0.493 e. The molecule has 0 amide bonds. The van der Waals surface area contributed by atoms with Gasteiger partial charge in [-0.3, -0.25) is 0 Å². The number of aliphatic hydroxyl groups is 1. The molecule has 2 aromatic carbocycles. The fraction of sp³-hybridized carbons (Fsp3) is 0.368. The van der Waals surface area contributed by atoms with Crippen molar-refractivity contribution in [3.05, 3.63) is 58.6 Å². The highest BCUT2D eigenvalue weighted by molar-refractivity contribution is 6.30. The lowest BCUT2D eigenvalue weighted by Gasteiger charge is -2.18. The van der Waals surface area contributed by atoms with E-state index in [1.165, 1.54) is 0 Å². The summed E-state index contributed by atoms with van der Waals surface area (Å²) in [5, 5.41) is 14.2. The van der Waals surface area contributed by atoms with E-state index in [9.17, 15) is 5.11 Å². The van der Waals surface area contributed by atoms with Gasteiger partial charge in [0.15, 0.2) is 11.5 Å². The molecule has 0 bridgehead atoms. The Hall–Kier alpha value is -1.75. The van der Waals surface area contributed by atoms with Gasteiger partial charge >= 0.3 is 0 Å². The molecule has 0 saturated heterocycles. The molecule has 0 unspecified atom stereocenters. The van der Waals surface area contributed by atoms with Crippen molar-refractivity contribution in [3.63, 3.8) is 0 Å². The molecule has 4 nitrogen and oxygen atoms in total. The van der Waals surface area contributed by atoms with Gasteiger partial charge in [-0.15, -0.1) is 0 Å². The molecular formula is C19H24ClNO3. The van der Waals surface area contributed by atoms with E-state index in [0.29, 0.717) is 11.6 Å². The Morgan fingerprint density at radius 3 is 2.50 bits per heavy atom. The molecule has 0 aromatic heterocycles. The van der Waals surface area contributed by atoms with Gasteiger partial charge in [0.25, 0.3) is 0 Å². The van der Waals surface area contributed by atoms with Crippen LogP contribution >= 0.6 is 11.6 Å². The molecule has 0 heterocycles. The minimum absolute atomic E-state index is 0.205. The van der Waals surface area contributed by atoms with Crippen molar-refractivity contribution in [2.45, 2.75) is 25.5 Å². The quantitative estimate of drug-likeness (QED) is 0.764. The SMILES string of the molecule is COc1ccc(C[C@@H](C)NC[C@H](O)c2cccc(Cl)c2)cc1OC. The van der Waals surface area contributed by atoms with Crippen LogP contribution in [0.5, 0.6) is 11.5 Å². The van der Waals surface area contributed by atoms with Crippen molar-refractivity contribution in [2.24, 2.45) is 0 Å². The van der Waals surface area contributed by atoms with Gasteiger partial charge in [0.05, 0.1) is 20.3 Å². The summed E-state index contributed by atoms with van der Waals surface area (Å²) in [6.45, 7) is 2.55. The number of benzene rings is 2. The first-order valence-corrected chi connectivity index (χ1v) is 8.29. The molecule has 0 fully saturated rings. The van der Waals surface area contributed by atoms with E-state index in [4.69, 9.17) is 21.1 Å². The average molecular weight is 350 g/mol. The Labute approximate surface area is 148 Å². The van der Waals surface area contributed by atoms with Gasteiger partial charge in [-0.2, -0.15) is 0 Å². The summed E-state index contributed by atoms with van der Waals surface area (Å²) < 4.78 is 10.6. The maximum Gasteiger partial charge on any atom is 0.160 e. The molecule has 2 atom stereocenters. The van der Waals surface area contributed by atoms with Gasteiger partial charge in [-0.25, -0.2) is 0 Å². The van der Waals surface area contributed by atoms with Crippen molar-refractivity contribution >= 4 is 11.6 Å². The summed E-state index contributed by atoms with van der Waals surface area (Å²) >= 11 is 5.96. The van der Waals surface area contributed by atoms with Crippen molar-refractivity contribution in [3.8, 4) is 11.5 Å². The number of nitrogens with one attached hydrogen (secondary N) is 1. The fourth-order valence-electron chi connectivity index (χ4n) is 2.58. The van der Waals surface area contributed by atoms with Crippen LogP contribution < -0.4 is 14.8 Å². The van der Waals surface area contributed by atoms with Crippen molar-refractivity contribution in [1.82, 2.24) is 5.32 Å². The van der Waals surface area contributed by atoms with E-state index in [1.54, 1.807) is 26.4 Å². The van der Waals surface area contributed by atoms with Crippen LogP contribution in [0.3, 0.4) is 0 Å². The standard InChI is InChI=1S/C19H24ClNO3/c1-13(9-14-7-8-18(23-2)19(10-14)24-3)21-12-17(22)15-5-4-6-16(20)11-15/h4-8,10-11,13,17,21-22H,9,12H2,1-3H3/t13-,17+/m1/s1. The van der Waals surface area contributed by atoms with E-state index in [-0.39, 0.29) is 6.04 Å². The highest BCUT2D eigenvalue weighted by Crippen LogP contribution is 2.28. The third-order valence-corrected chi connectivity index (χ3v) is 4.12. The maximum atomic E-state index is 10.3. The molecule has 0 spiro atoms. The summed E-state index contributed by atoms with van der Waals surface area (Å²) in [4.78, 5) is 0. The second kappa shape index (κ2) is 8.92. The van der Waals surface area contributed by atoms with Crippen molar-refractivity contribution < 1.29 is 14.6 Å². The number of hydrogen-bond acceptors (Lipinski definition) is 4. The summed E-state index contributed by atoms with van der Waals surface area (Å²) in [7, 11) is 3.25. The van der Waals surface area contributed by atoms with Crippen LogP contribution in [0.15, 0.2) is 42.5 Å².